The Balaban J connectivity index is 2.83. The molecule has 0 aliphatic rings. The molecule has 0 unspecified atom stereocenters. The highest BCUT2D eigenvalue weighted by Gasteiger charge is 2.27. The largest absolute Gasteiger partial charge is 0.508 e. The molecular formula is C21H31N3O5S2. The second-order valence-corrected chi connectivity index (χ2v) is 8.97. The molecular weight excluding hydrogens is 438 g/mol. The number of carbonyl (C=O) groups excluding carboxylic acids is 4. The minimum absolute atomic E-state index is 0.116. The normalized spacial score (nSPS) is 13.5. The zero-order chi connectivity index (χ0) is 23.2. The van der Waals surface area contributed by atoms with Gasteiger partial charge in [0.25, 0.3) is 0 Å². The first kappa shape index (κ1) is 26.8. The average Bonchev–Trinajstić information content (AvgIpc) is 2.74. The van der Waals surface area contributed by atoms with Crippen molar-refractivity contribution in [2.45, 2.75) is 44.3 Å². The summed E-state index contributed by atoms with van der Waals surface area (Å²) in [5.41, 5.74) is 0.780. The van der Waals surface area contributed by atoms with Gasteiger partial charge in [-0.1, -0.05) is 12.1 Å². The van der Waals surface area contributed by atoms with E-state index in [1.165, 1.54) is 30.8 Å². The number of aromatic hydroxyl groups is 1. The topological polar surface area (TPSA) is 125 Å². The third-order valence-electron chi connectivity index (χ3n) is 4.43. The lowest BCUT2D eigenvalue weighted by atomic mass is 10.1. The van der Waals surface area contributed by atoms with Crippen LogP contribution in [-0.4, -0.2) is 71.3 Å². The van der Waals surface area contributed by atoms with Crippen molar-refractivity contribution >= 4 is 47.5 Å². The van der Waals surface area contributed by atoms with Crippen LogP contribution in [0, 0.1) is 0 Å². The minimum atomic E-state index is -0.826. The van der Waals surface area contributed by atoms with Gasteiger partial charge in [0.2, 0.25) is 17.7 Å². The quantitative estimate of drug-likeness (QED) is 0.301. The van der Waals surface area contributed by atoms with Gasteiger partial charge >= 0.3 is 0 Å². The Kier molecular flexibility index (Phi) is 12.8. The van der Waals surface area contributed by atoms with Gasteiger partial charge in [-0.15, -0.1) is 0 Å². The van der Waals surface area contributed by atoms with Crippen molar-refractivity contribution in [1.29, 1.82) is 0 Å². The van der Waals surface area contributed by atoms with E-state index in [9.17, 15) is 24.3 Å². The molecule has 0 radical (unpaired) electrons. The summed E-state index contributed by atoms with van der Waals surface area (Å²) in [7, 11) is 0. The van der Waals surface area contributed by atoms with Crippen LogP contribution < -0.4 is 16.0 Å². The molecule has 0 fully saturated rings. The molecule has 0 saturated heterocycles. The Labute approximate surface area is 191 Å². The summed E-state index contributed by atoms with van der Waals surface area (Å²) in [4.78, 5) is 48.5. The number of aldehydes is 1. The molecule has 1 aromatic carbocycles. The van der Waals surface area contributed by atoms with Crippen molar-refractivity contribution in [2.75, 3.05) is 24.0 Å². The molecule has 3 atom stereocenters. The number of amides is 3. The minimum Gasteiger partial charge on any atom is -0.508 e. The Morgan fingerprint density at radius 2 is 1.45 bits per heavy atom. The van der Waals surface area contributed by atoms with E-state index in [0.29, 0.717) is 30.6 Å². The monoisotopic (exact) mass is 469 g/mol. The van der Waals surface area contributed by atoms with Crippen LogP contribution in [0.25, 0.3) is 0 Å². The third kappa shape index (κ3) is 10.6. The predicted octanol–water partition coefficient (Wildman–Crippen LogP) is 1.11. The zero-order valence-electron chi connectivity index (χ0n) is 18.1. The molecule has 3 amide bonds. The van der Waals surface area contributed by atoms with Gasteiger partial charge in [-0.2, -0.15) is 23.5 Å². The van der Waals surface area contributed by atoms with Crippen LogP contribution in [0.3, 0.4) is 0 Å². The number of phenolic OH excluding ortho intramolecular Hbond substituents is 1. The van der Waals surface area contributed by atoms with Crippen LogP contribution >= 0.6 is 23.5 Å². The van der Waals surface area contributed by atoms with Gasteiger partial charge in [-0.3, -0.25) is 14.4 Å². The molecule has 0 aliphatic carbocycles. The van der Waals surface area contributed by atoms with Crippen molar-refractivity contribution in [3.05, 3.63) is 29.8 Å². The summed E-state index contributed by atoms with van der Waals surface area (Å²) in [6.45, 7) is 1.34. The van der Waals surface area contributed by atoms with Crippen molar-refractivity contribution in [3.8, 4) is 5.75 Å². The molecule has 10 heteroatoms. The Morgan fingerprint density at radius 3 is 1.94 bits per heavy atom. The Bertz CT molecular complexity index is 730. The molecule has 0 spiro atoms. The maximum absolute atomic E-state index is 12.8. The fourth-order valence-corrected chi connectivity index (χ4v) is 3.77. The second kappa shape index (κ2) is 14.7. The standard InChI is InChI=1S/C21H31N3O5S2/c1-14(26)22-18(8-10-30-2)21(29)24-19(9-11-31-3)20(28)23-16(13-25)12-15-4-6-17(27)7-5-15/h4-7,13,16,18-19,27H,8-12H2,1-3H3,(H,22,26)(H,23,28)(H,24,29)/t16-,18-,19-/m0/s1. The molecule has 4 N–H and O–H groups in total. The van der Waals surface area contributed by atoms with Gasteiger partial charge in [0, 0.05) is 6.92 Å². The van der Waals surface area contributed by atoms with Crippen LogP contribution in [0.15, 0.2) is 24.3 Å². The van der Waals surface area contributed by atoms with Gasteiger partial charge in [0.05, 0.1) is 6.04 Å². The van der Waals surface area contributed by atoms with Gasteiger partial charge in [-0.25, -0.2) is 0 Å². The molecule has 0 saturated carbocycles. The number of thioether (sulfide) groups is 2. The highest BCUT2D eigenvalue weighted by atomic mass is 32.2. The number of hydrogen-bond acceptors (Lipinski definition) is 7. The summed E-state index contributed by atoms with van der Waals surface area (Å²) in [5, 5.41) is 17.4. The van der Waals surface area contributed by atoms with Crippen LogP contribution in [0.2, 0.25) is 0 Å². The fourth-order valence-electron chi connectivity index (χ4n) is 2.83. The van der Waals surface area contributed by atoms with Gasteiger partial charge < -0.3 is 25.9 Å². The van der Waals surface area contributed by atoms with Crippen LogP contribution in [-0.2, 0) is 25.6 Å². The number of carbonyl (C=O) groups is 4. The summed E-state index contributed by atoms with van der Waals surface area (Å²) in [6, 6.07) is 4.05. The summed E-state index contributed by atoms with van der Waals surface area (Å²) in [6.07, 6.45) is 5.55. The van der Waals surface area contributed by atoms with E-state index in [1.54, 1.807) is 23.9 Å². The fraction of sp³-hybridized carbons (Fsp3) is 0.524. The number of nitrogens with one attached hydrogen (secondary N) is 3. The molecule has 0 aromatic heterocycles. The number of benzene rings is 1. The van der Waals surface area contributed by atoms with Gasteiger partial charge in [0.15, 0.2) is 0 Å². The molecule has 0 heterocycles. The predicted molar refractivity (Wildman–Crippen MR) is 125 cm³/mol. The molecule has 1 aromatic rings. The van der Waals surface area contributed by atoms with Crippen LogP contribution in [0.5, 0.6) is 5.75 Å². The lowest BCUT2D eigenvalue weighted by Crippen LogP contribution is -2.55. The molecule has 1 rings (SSSR count). The summed E-state index contributed by atoms with van der Waals surface area (Å²) < 4.78 is 0. The summed E-state index contributed by atoms with van der Waals surface area (Å²) in [5.74, 6) is 0.237. The Hall–Kier alpha value is -2.20. The molecule has 31 heavy (non-hydrogen) atoms. The molecule has 172 valence electrons. The Morgan fingerprint density at radius 1 is 0.935 bits per heavy atom. The number of hydrogen-bond donors (Lipinski definition) is 4. The van der Waals surface area contributed by atoms with E-state index in [-0.39, 0.29) is 18.1 Å². The van der Waals surface area contributed by atoms with Crippen molar-refractivity contribution in [3.63, 3.8) is 0 Å². The van der Waals surface area contributed by atoms with E-state index in [4.69, 9.17) is 0 Å². The highest BCUT2D eigenvalue weighted by Crippen LogP contribution is 2.11. The number of phenols is 1. The van der Waals surface area contributed by atoms with Crippen LogP contribution in [0.4, 0.5) is 0 Å². The SMILES string of the molecule is CSCC[C@H](NC(C)=O)C(=O)N[C@@H](CCSC)C(=O)N[C@H](C=O)Cc1ccc(O)cc1. The zero-order valence-corrected chi connectivity index (χ0v) is 19.7. The van der Waals surface area contributed by atoms with Gasteiger partial charge in [-0.05, 0) is 61.0 Å². The van der Waals surface area contributed by atoms with Crippen molar-refractivity contribution in [1.82, 2.24) is 16.0 Å². The first-order valence-corrected chi connectivity index (χ1v) is 12.7. The molecule has 0 aliphatic heterocycles. The molecule has 8 nitrogen and oxygen atoms in total. The van der Waals surface area contributed by atoms with Crippen LogP contribution in [0.1, 0.15) is 25.3 Å². The molecule has 0 bridgehead atoms. The third-order valence-corrected chi connectivity index (χ3v) is 5.72. The van der Waals surface area contributed by atoms with Gasteiger partial charge in [0.1, 0.15) is 24.1 Å². The first-order valence-electron chi connectivity index (χ1n) is 9.89. The highest BCUT2D eigenvalue weighted by molar-refractivity contribution is 7.98. The van der Waals surface area contributed by atoms with E-state index < -0.39 is 29.9 Å². The maximum atomic E-state index is 12.8. The second-order valence-electron chi connectivity index (χ2n) is 7.00. The first-order chi connectivity index (χ1) is 14.8. The lowest BCUT2D eigenvalue weighted by Gasteiger charge is -2.24. The van der Waals surface area contributed by atoms with Crippen molar-refractivity contribution < 1.29 is 24.3 Å². The van der Waals surface area contributed by atoms with E-state index in [0.717, 1.165) is 5.56 Å². The van der Waals surface area contributed by atoms with Crippen molar-refractivity contribution in [2.24, 2.45) is 0 Å². The number of rotatable bonds is 14. The lowest BCUT2D eigenvalue weighted by molar-refractivity contribution is -0.132. The smallest absolute Gasteiger partial charge is 0.243 e. The summed E-state index contributed by atoms with van der Waals surface area (Å²) >= 11 is 3.10. The van der Waals surface area contributed by atoms with E-state index in [1.807, 2.05) is 12.5 Å². The van der Waals surface area contributed by atoms with E-state index >= 15 is 0 Å². The average molecular weight is 470 g/mol. The van der Waals surface area contributed by atoms with E-state index in [2.05, 4.69) is 16.0 Å². The maximum Gasteiger partial charge on any atom is 0.243 e.